The van der Waals surface area contributed by atoms with E-state index in [1.54, 1.807) is 18.2 Å². The van der Waals surface area contributed by atoms with Gasteiger partial charge < -0.3 is 15.4 Å². The average Bonchev–Trinajstić information content (AvgIpc) is 2.42. The summed E-state index contributed by atoms with van der Waals surface area (Å²) < 4.78 is 5.24. The second-order valence-electron chi connectivity index (χ2n) is 6.27. The van der Waals surface area contributed by atoms with Gasteiger partial charge >= 0.3 is 0 Å². The molecule has 0 aromatic heterocycles. The summed E-state index contributed by atoms with van der Waals surface area (Å²) in [4.78, 5) is 35.2. The van der Waals surface area contributed by atoms with Crippen molar-refractivity contribution in [2.45, 2.75) is 39.2 Å². The first kappa shape index (κ1) is 16.0. The number of benzene rings is 1. The van der Waals surface area contributed by atoms with Gasteiger partial charge in [0.2, 0.25) is 5.91 Å². The minimum Gasteiger partial charge on any atom is -0.482 e. The number of hydrogen-bond donors (Lipinski definition) is 2. The number of Topliss-reactive ketones (excluding diaryl/α,β-unsaturated/α-hetero) is 1. The number of ether oxygens (including phenoxy) is 1. The zero-order valence-electron chi connectivity index (χ0n) is 13.0. The number of anilines is 1. The third-order valence-corrected chi connectivity index (χ3v) is 3.03. The summed E-state index contributed by atoms with van der Waals surface area (Å²) in [5.41, 5.74) is 0.627. The summed E-state index contributed by atoms with van der Waals surface area (Å²) >= 11 is 0. The summed E-state index contributed by atoms with van der Waals surface area (Å²) in [6, 6.07) is 4.87. The van der Waals surface area contributed by atoms with Crippen LogP contribution < -0.4 is 15.4 Å². The van der Waals surface area contributed by atoms with Crippen LogP contribution in [0.5, 0.6) is 5.75 Å². The molecule has 2 amide bonds. The Morgan fingerprint density at radius 1 is 1.27 bits per heavy atom. The predicted octanol–water partition coefficient (Wildman–Crippen LogP) is 1.90. The van der Waals surface area contributed by atoms with Crippen LogP contribution in [0.25, 0.3) is 0 Å². The van der Waals surface area contributed by atoms with Crippen LogP contribution in [-0.2, 0) is 9.59 Å². The molecule has 1 aliphatic heterocycles. The number of carbonyl (C=O) groups excluding carboxylic acids is 3. The highest BCUT2D eigenvalue weighted by Gasteiger charge is 2.19. The van der Waals surface area contributed by atoms with Crippen LogP contribution in [0.4, 0.5) is 5.69 Å². The van der Waals surface area contributed by atoms with Gasteiger partial charge in [0.05, 0.1) is 5.69 Å². The lowest BCUT2D eigenvalue weighted by Gasteiger charge is -2.20. The summed E-state index contributed by atoms with van der Waals surface area (Å²) in [5.74, 6) is -0.00888. The van der Waals surface area contributed by atoms with E-state index in [2.05, 4.69) is 10.6 Å². The van der Waals surface area contributed by atoms with Gasteiger partial charge in [0.1, 0.15) is 5.75 Å². The molecule has 1 aromatic carbocycles. The van der Waals surface area contributed by atoms with Gasteiger partial charge in [0.15, 0.2) is 12.4 Å². The monoisotopic (exact) mass is 304 g/mol. The minimum atomic E-state index is -0.312. The summed E-state index contributed by atoms with van der Waals surface area (Å²) in [5, 5.41) is 5.47. The fraction of sp³-hybridized carbons (Fsp3) is 0.438. The number of amides is 2. The Balaban J connectivity index is 1.97. The van der Waals surface area contributed by atoms with Crippen molar-refractivity contribution in [3.8, 4) is 5.75 Å². The molecule has 1 aromatic rings. The maximum atomic E-state index is 12.1. The van der Waals surface area contributed by atoms with Crippen LogP contribution in [0.1, 0.15) is 44.0 Å². The van der Waals surface area contributed by atoms with E-state index in [1.165, 1.54) is 0 Å². The van der Waals surface area contributed by atoms with E-state index in [4.69, 9.17) is 4.74 Å². The highest BCUT2D eigenvalue weighted by molar-refractivity contribution is 6.01. The number of nitrogens with one attached hydrogen (secondary N) is 2. The van der Waals surface area contributed by atoms with Crippen molar-refractivity contribution in [1.82, 2.24) is 5.32 Å². The summed E-state index contributed by atoms with van der Waals surface area (Å²) in [7, 11) is 0. The number of ketones is 1. The van der Waals surface area contributed by atoms with Gasteiger partial charge in [-0.2, -0.15) is 0 Å². The molecule has 0 saturated heterocycles. The van der Waals surface area contributed by atoms with Gasteiger partial charge in [-0.25, -0.2) is 0 Å². The molecule has 118 valence electrons. The second kappa shape index (κ2) is 6.17. The molecule has 1 aliphatic rings. The fourth-order valence-electron chi connectivity index (χ4n) is 2.11. The largest absolute Gasteiger partial charge is 0.482 e. The Kier molecular flexibility index (Phi) is 4.49. The van der Waals surface area contributed by atoms with Crippen LogP contribution in [-0.4, -0.2) is 29.7 Å². The van der Waals surface area contributed by atoms with Gasteiger partial charge in [-0.05, 0) is 39.0 Å². The number of hydrogen-bond acceptors (Lipinski definition) is 4. The summed E-state index contributed by atoms with van der Waals surface area (Å²) in [6.07, 6.45) is 0.256. The molecule has 0 spiro atoms. The van der Waals surface area contributed by atoms with E-state index in [1.807, 2.05) is 20.8 Å². The zero-order chi connectivity index (χ0) is 16.3. The maximum absolute atomic E-state index is 12.1. The first-order valence-electron chi connectivity index (χ1n) is 7.15. The van der Waals surface area contributed by atoms with E-state index in [0.717, 1.165) is 0 Å². The molecule has 6 nitrogen and oxygen atoms in total. The molecular formula is C16H20N2O4. The zero-order valence-corrected chi connectivity index (χ0v) is 13.0. The Morgan fingerprint density at radius 2 is 2.00 bits per heavy atom. The molecule has 0 fully saturated rings. The first-order chi connectivity index (χ1) is 10.2. The quantitative estimate of drug-likeness (QED) is 0.832. The molecule has 22 heavy (non-hydrogen) atoms. The van der Waals surface area contributed by atoms with E-state index in [9.17, 15) is 14.4 Å². The molecule has 0 atom stereocenters. The van der Waals surface area contributed by atoms with E-state index in [-0.39, 0.29) is 42.6 Å². The number of fused-ring (bicyclic) bond motifs is 1. The van der Waals surface area contributed by atoms with E-state index < -0.39 is 0 Å². The first-order valence-corrected chi connectivity index (χ1v) is 7.15. The Labute approximate surface area is 129 Å². The third kappa shape index (κ3) is 4.31. The van der Waals surface area contributed by atoms with Crippen molar-refractivity contribution in [2.24, 2.45) is 0 Å². The summed E-state index contributed by atoms with van der Waals surface area (Å²) in [6.45, 7) is 5.64. The van der Waals surface area contributed by atoms with Crippen molar-refractivity contribution in [3.05, 3.63) is 23.8 Å². The molecule has 1 heterocycles. The molecule has 2 rings (SSSR count). The van der Waals surface area contributed by atoms with Crippen LogP contribution in [0.2, 0.25) is 0 Å². The number of carbonyl (C=O) groups is 3. The highest BCUT2D eigenvalue weighted by Crippen LogP contribution is 2.28. The molecule has 0 aliphatic carbocycles. The smallest absolute Gasteiger partial charge is 0.262 e. The van der Waals surface area contributed by atoms with Crippen LogP contribution in [0, 0.1) is 0 Å². The fourth-order valence-corrected chi connectivity index (χ4v) is 2.11. The van der Waals surface area contributed by atoms with Gasteiger partial charge in [0.25, 0.3) is 5.91 Å². The topological polar surface area (TPSA) is 84.5 Å². The van der Waals surface area contributed by atoms with E-state index >= 15 is 0 Å². The lowest BCUT2D eigenvalue weighted by molar-refractivity contribution is -0.122. The molecule has 2 N–H and O–H groups in total. The predicted molar refractivity (Wildman–Crippen MR) is 82.0 cm³/mol. The Hall–Kier alpha value is -2.37. The van der Waals surface area contributed by atoms with Crippen molar-refractivity contribution in [1.29, 1.82) is 0 Å². The SMILES string of the molecule is CC(C)(C)NC(=O)CCC(=O)c1ccc2c(c1)NC(=O)CO2. The molecule has 0 saturated carbocycles. The van der Waals surface area contributed by atoms with Crippen LogP contribution in [0.15, 0.2) is 18.2 Å². The maximum Gasteiger partial charge on any atom is 0.262 e. The molecule has 0 unspecified atom stereocenters. The highest BCUT2D eigenvalue weighted by atomic mass is 16.5. The average molecular weight is 304 g/mol. The second-order valence-corrected chi connectivity index (χ2v) is 6.27. The van der Waals surface area contributed by atoms with Crippen molar-refractivity contribution < 1.29 is 19.1 Å². The van der Waals surface area contributed by atoms with Gasteiger partial charge in [0, 0.05) is 23.9 Å². The van der Waals surface area contributed by atoms with Gasteiger partial charge in [-0.1, -0.05) is 0 Å². The molecule has 0 radical (unpaired) electrons. The number of rotatable bonds is 4. The van der Waals surface area contributed by atoms with Crippen LogP contribution >= 0.6 is 0 Å². The normalized spacial score (nSPS) is 13.7. The van der Waals surface area contributed by atoms with Crippen molar-refractivity contribution >= 4 is 23.3 Å². The Bertz CT molecular complexity index is 617. The molecular weight excluding hydrogens is 284 g/mol. The van der Waals surface area contributed by atoms with Crippen molar-refractivity contribution in [3.63, 3.8) is 0 Å². The lowest BCUT2D eigenvalue weighted by Crippen LogP contribution is -2.40. The van der Waals surface area contributed by atoms with Gasteiger partial charge in [-0.15, -0.1) is 0 Å². The minimum absolute atomic E-state index is 0.0206. The Morgan fingerprint density at radius 3 is 2.68 bits per heavy atom. The van der Waals surface area contributed by atoms with Crippen LogP contribution in [0.3, 0.4) is 0 Å². The van der Waals surface area contributed by atoms with E-state index in [0.29, 0.717) is 17.0 Å². The third-order valence-electron chi connectivity index (χ3n) is 3.03. The van der Waals surface area contributed by atoms with Crippen molar-refractivity contribution in [2.75, 3.05) is 11.9 Å². The molecule has 6 heteroatoms. The lowest BCUT2D eigenvalue weighted by atomic mass is 10.0. The van der Waals surface area contributed by atoms with Gasteiger partial charge in [-0.3, -0.25) is 14.4 Å². The molecule has 0 bridgehead atoms. The standard InChI is InChI=1S/C16H20N2O4/c1-16(2,3)18-14(20)7-5-12(19)10-4-6-13-11(8-10)17-15(21)9-22-13/h4,6,8H,5,7,9H2,1-3H3,(H,17,21)(H,18,20).